The molecule has 1 aromatic rings. The Labute approximate surface area is 89.6 Å². The summed E-state index contributed by atoms with van der Waals surface area (Å²) in [5, 5.41) is 0. The molecule has 84 valence electrons. The van der Waals surface area contributed by atoms with E-state index in [0.29, 0.717) is 6.54 Å². The Morgan fingerprint density at radius 2 is 1.93 bits per heavy atom. The van der Waals surface area contributed by atoms with Gasteiger partial charge in [0.2, 0.25) is 0 Å². The third kappa shape index (κ3) is 2.19. The molecule has 0 unspecified atom stereocenters. The van der Waals surface area contributed by atoms with Crippen molar-refractivity contribution in [3.63, 3.8) is 0 Å². The number of rotatable bonds is 2. The van der Waals surface area contributed by atoms with Crippen molar-refractivity contribution in [2.24, 2.45) is 5.73 Å². The predicted octanol–water partition coefficient (Wildman–Crippen LogP) is 1.77. The van der Waals surface area contributed by atoms with Crippen LogP contribution in [0.1, 0.15) is 31.2 Å². The largest absolute Gasteiger partial charge is 0.412 e. The molecule has 1 fully saturated rings. The number of nitrogens with two attached hydrogens (primary N) is 1. The average Bonchev–Trinajstić information content (AvgIpc) is 2.67. The van der Waals surface area contributed by atoms with Crippen LogP contribution in [0.25, 0.3) is 0 Å². The minimum Gasteiger partial charge on any atom is -0.412 e. The van der Waals surface area contributed by atoms with Crippen LogP contribution in [-0.2, 0) is 5.41 Å². The summed E-state index contributed by atoms with van der Waals surface area (Å²) in [5.74, 6) is -0.151. The summed E-state index contributed by atoms with van der Waals surface area (Å²) in [4.78, 5) is 0. The van der Waals surface area contributed by atoms with Crippen LogP contribution in [-0.4, -0.2) is 12.0 Å². The fourth-order valence-corrected chi connectivity index (χ4v) is 2.48. The Balaban J connectivity index is 0.00000112. The van der Waals surface area contributed by atoms with Crippen molar-refractivity contribution < 1.29 is 9.87 Å². The maximum absolute atomic E-state index is 13.1. The van der Waals surface area contributed by atoms with Gasteiger partial charge in [0.25, 0.3) is 0 Å². The molecule has 15 heavy (non-hydrogen) atoms. The fourth-order valence-electron chi connectivity index (χ4n) is 2.48. The summed E-state index contributed by atoms with van der Waals surface area (Å²) in [6.07, 6.45) is 4.64. The van der Waals surface area contributed by atoms with Crippen molar-refractivity contribution >= 4 is 0 Å². The Bertz CT molecular complexity index is 321. The summed E-state index contributed by atoms with van der Waals surface area (Å²) in [6.45, 7) is 0.635. The minimum atomic E-state index is -0.151. The highest BCUT2D eigenvalue weighted by Gasteiger charge is 2.34. The maximum atomic E-state index is 13.1. The summed E-state index contributed by atoms with van der Waals surface area (Å²) in [5.41, 5.74) is 6.97. The normalized spacial score (nSPS) is 18.5. The van der Waals surface area contributed by atoms with E-state index in [1.165, 1.54) is 18.9 Å². The van der Waals surface area contributed by atoms with Crippen LogP contribution < -0.4 is 5.73 Å². The molecule has 0 saturated heterocycles. The van der Waals surface area contributed by atoms with Crippen molar-refractivity contribution in [3.8, 4) is 0 Å². The van der Waals surface area contributed by atoms with E-state index in [1.54, 1.807) is 12.1 Å². The zero-order valence-electron chi connectivity index (χ0n) is 8.80. The Kier molecular flexibility index (Phi) is 3.83. The Morgan fingerprint density at radius 1 is 1.27 bits per heavy atom. The second-order valence-corrected chi connectivity index (χ2v) is 4.20. The maximum Gasteiger partial charge on any atom is 0.123 e. The smallest absolute Gasteiger partial charge is 0.123 e. The van der Waals surface area contributed by atoms with E-state index in [2.05, 4.69) is 0 Å². The molecule has 1 aromatic carbocycles. The van der Waals surface area contributed by atoms with E-state index in [1.807, 2.05) is 6.07 Å². The molecule has 1 aliphatic carbocycles. The molecular formula is C12H18FNO. The van der Waals surface area contributed by atoms with Gasteiger partial charge in [0, 0.05) is 12.0 Å². The lowest BCUT2D eigenvalue weighted by molar-refractivity contribution is 0.449. The summed E-state index contributed by atoms with van der Waals surface area (Å²) >= 11 is 0. The van der Waals surface area contributed by atoms with Gasteiger partial charge in [-0.2, -0.15) is 0 Å². The molecule has 0 atom stereocenters. The first-order valence-electron chi connectivity index (χ1n) is 5.23. The lowest BCUT2D eigenvalue weighted by atomic mass is 9.79. The quantitative estimate of drug-likeness (QED) is 0.796. The molecule has 1 saturated carbocycles. The van der Waals surface area contributed by atoms with Crippen LogP contribution in [0.5, 0.6) is 0 Å². The Hall–Kier alpha value is -0.930. The molecule has 0 spiro atoms. The molecule has 3 heteroatoms. The van der Waals surface area contributed by atoms with Gasteiger partial charge in [-0.15, -0.1) is 0 Å². The molecular weight excluding hydrogens is 193 g/mol. The van der Waals surface area contributed by atoms with Crippen LogP contribution in [0.15, 0.2) is 24.3 Å². The fraction of sp³-hybridized carbons (Fsp3) is 0.500. The van der Waals surface area contributed by atoms with Gasteiger partial charge in [0.05, 0.1) is 0 Å². The van der Waals surface area contributed by atoms with Crippen molar-refractivity contribution in [3.05, 3.63) is 35.6 Å². The van der Waals surface area contributed by atoms with Gasteiger partial charge in [0.15, 0.2) is 0 Å². The van der Waals surface area contributed by atoms with Gasteiger partial charge >= 0.3 is 0 Å². The highest BCUT2D eigenvalue weighted by Crippen LogP contribution is 2.40. The number of hydrogen-bond donors (Lipinski definition) is 1. The number of hydrogen-bond acceptors (Lipinski definition) is 1. The third-order valence-corrected chi connectivity index (χ3v) is 3.39. The standard InChI is InChI=1S/C12H16FN.H2O/c13-11-5-3-4-10(8-11)12(9-14)6-1-2-7-12;/h3-5,8H,1-2,6-7,9,14H2;1H2. The van der Waals surface area contributed by atoms with Gasteiger partial charge in [0.1, 0.15) is 5.82 Å². The van der Waals surface area contributed by atoms with Crippen molar-refractivity contribution in [1.29, 1.82) is 0 Å². The topological polar surface area (TPSA) is 57.5 Å². The lowest BCUT2D eigenvalue weighted by Crippen LogP contribution is -2.32. The zero-order valence-corrected chi connectivity index (χ0v) is 8.80. The monoisotopic (exact) mass is 211 g/mol. The predicted molar refractivity (Wildman–Crippen MR) is 59.2 cm³/mol. The molecule has 0 aliphatic heterocycles. The summed E-state index contributed by atoms with van der Waals surface area (Å²) in [6, 6.07) is 6.91. The lowest BCUT2D eigenvalue weighted by Gasteiger charge is -2.27. The van der Waals surface area contributed by atoms with Gasteiger partial charge in [-0.05, 0) is 30.5 Å². The minimum absolute atomic E-state index is 0. The first kappa shape index (κ1) is 12.1. The molecule has 4 N–H and O–H groups in total. The van der Waals surface area contributed by atoms with Gasteiger partial charge in [-0.1, -0.05) is 25.0 Å². The molecule has 0 amide bonds. The van der Waals surface area contributed by atoms with Crippen molar-refractivity contribution in [2.75, 3.05) is 6.54 Å². The summed E-state index contributed by atoms with van der Waals surface area (Å²) in [7, 11) is 0. The molecule has 0 aromatic heterocycles. The Morgan fingerprint density at radius 3 is 2.47 bits per heavy atom. The molecule has 2 nitrogen and oxygen atoms in total. The van der Waals surface area contributed by atoms with E-state index in [-0.39, 0.29) is 16.7 Å². The van der Waals surface area contributed by atoms with E-state index >= 15 is 0 Å². The van der Waals surface area contributed by atoms with E-state index in [4.69, 9.17) is 5.73 Å². The molecule has 0 heterocycles. The summed E-state index contributed by atoms with van der Waals surface area (Å²) < 4.78 is 13.1. The average molecular weight is 211 g/mol. The van der Waals surface area contributed by atoms with Gasteiger partial charge in [-0.3, -0.25) is 0 Å². The van der Waals surface area contributed by atoms with Crippen LogP contribution >= 0.6 is 0 Å². The highest BCUT2D eigenvalue weighted by molar-refractivity contribution is 5.27. The molecule has 2 rings (SSSR count). The van der Waals surface area contributed by atoms with Crippen LogP contribution in [0.2, 0.25) is 0 Å². The molecule has 0 bridgehead atoms. The third-order valence-electron chi connectivity index (χ3n) is 3.39. The van der Waals surface area contributed by atoms with E-state index < -0.39 is 0 Å². The molecule has 1 aliphatic rings. The van der Waals surface area contributed by atoms with Crippen LogP contribution in [0.4, 0.5) is 4.39 Å². The van der Waals surface area contributed by atoms with Gasteiger partial charge < -0.3 is 11.2 Å². The first-order chi connectivity index (χ1) is 6.77. The SMILES string of the molecule is NCC1(c2cccc(F)c2)CCCC1.O. The first-order valence-corrected chi connectivity index (χ1v) is 5.23. The van der Waals surface area contributed by atoms with Crippen molar-refractivity contribution in [2.45, 2.75) is 31.1 Å². The number of halogens is 1. The second kappa shape index (κ2) is 4.73. The van der Waals surface area contributed by atoms with E-state index in [0.717, 1.165) is 18.4 Å². The highest BCUT2D eigenvalue weighted by atomic mass is 19.1. The van der Waals surface area contributed by atoms with E-state index in [9.17, 15) is 4.39 Å². The van der Waals surface area contributed by atoms with Crippen LogP contribution in [0, 0.1) is 5.82 Å². The number of benzene rings is 1. The van der Waals surface area contributed by atoms with Crippen LogP contribution in [0.3, 0.4) is 0 Å². The van der Waals surface area contributed by atoms with Gasteiger partial charge in [-0.25, -0.2) is 4.39 Å². The zero-order chi connectivity index (χ0) is 10.0. The van der Waals surface area contributed by atoms with Crippen molar-refractivity contribution in [1.82, 2.24) is 0 Å². The second-order valence-electron chi connectivity index (χ2n) is 4.20. The molecule has 0 radical (unpaired) electrons.